The largest absolute Gasteiger partial charge is 0.382 e. The number of fused-ring (bicyclic) bond motifs is 4. The van der Waals surface area contributed by atoms with Crippen molar-refractivity contribution in [2.75, 3.05) is 24.7 Å². The van der Waals surface area contributed by atoms with Crippen LogP contribution in [-0.4, -0.2) is 101 Å². The van der Waals surface area contributed by atoms with Gasteiger partial charge < -0.3 is 39.4 Å². The second kappa shape index (κ2) is 11.1. The first-order valence-corrected chi connectivity index (χ1v) is 17.1. The molecule has 0 bridgehead atoms. The predicted molar refractivity (Wildman–Crippen MR) is 151 cm³/mol. The van der Waals surface area contributed by atoms with Crippen LogP contribution in [0.3, 0.4) is 0 Å². The number of anilines is 2. The van der Waals surface area contributed by atoms with Gasteiger partial charge >= 0.3 is 6.72 Å². The van der Waals surface area contributed by atoms with Crippen LogP contribution in [0.1, 0.15) is 12.5 Å². The second-order valence-electron chi connectivity index (χ2n) is 10.1. The predicted octanol–water partition coefficient (Wildman–Crippen LogP) is -0.0945. The maximum atomic E-state index is 16.0. The van der Waals surface area contributed by atoms with E-state index in [1.807, 2.05) is 0 Å². The van der Waals surface area contributed by atoms with Crippen molar-refractivity contribution in [3.63, 3.8) is 0 Å². The number of aromatic amines is 1. The van der Waals surface area contributed by atoms with E-state index in [-0.39, 0.29) is 34.1 Å². The van der Waals surface area contributed by atoms with Gasteiger partial charge in [0, 0.05) is 0 Å². The van der Waals surface area contributed by atoms with Crippen molar-refractivity contribution in [3.8, 4) is 0 Å². The summed E-state index contributed by atoms with van der Waals surface area (Å²) < 4.78 is 80.7. The number of alkyl halides is 2. The molecule has 4 aromatic heterocycles. The Morgan fingerprint density at radius 3 is 2.24 bits per heavy atom. The quantitative estimate of drug-likeness (QED) is 0.159. The van der Waals surface area contributed by atoms with Gasteiger partial charge in [0.05, 0.1) is 25.9 Å². The molecule has 25 heteroatoms. The molecular weight excluding hydrogens is 667 g/mol. The van der Waals surface area contributed by atoms with Crippen molar-refractivity contribution in [2.45, 2.75) is 49.2 Å². The maximum Gasteiger partial charge on any atom is 0.325 e. The zero-order valence-electron chi connectivity index (χ0n) is 22.4. The van der Waals surface area contributed by atoms with Crippen LogP contribution >= 0.6 is 14.2 Å². The van der Waals surface area contributed by atoms with E-state index in [0.717, 1.165) is 17.2 Å². The number of ether oxygens (including phenoxy) is 2. The average molecular weight is 688 g/mol. The Hall–Kier alpha value is -2.98. The lowest BCUT2D eigenvalue weighted by Gasteiger charge is -2.29. The van der Waals surface area contributed by atoms with Crippen LogP contribution < -0.4 is 17.0 Å². The number of aromatic nitrogens is 8. The van der Waals surface area contributed by atoms with Gasteiger partial charge in [-0.2, -0.15) is 4.98 Å². The molecule has 0 aliphatic carbocycles. The van der Waals surface area contributed by atoms with E-state index in [2.05, 4.69) is 29.9 Å². The molecule has 0 amide bonds. The number of nitrogens with zero attached hydrogens (tertiary/aromatic N) is 7. The third-order valence-electron chi connectivity index (χ3n) is 7.26. The summed E-state index contributed by atoms with van der Waals surface area (Å²) in [7, 11) is 1.19. The molecule has 45 heavy (non-hydrogen) atoms. The molecule has 3 saturated heterocycles. The van der Waals surface area contributed by atoms with Gasteiger partial charge in [-0.25, -0.2) is 28.7 Å². The summed E-state index contributed by atoms with van der Waals surface area (Å²) in [5, 5.41) is 0. The first kappa shape index (κ1) is 30.7. The highest BCUT2D eigenvalue weighted by Crippen LogP contribution is 2.54. The SMILES string of the molecule is [B][P@]1(=O)OC[C@H]2O[C@@H](n3cnc4c(N)ncnc43)[C@@H](F)C2OP(O)(=S)OC[C@H]2O[C@@H](n3cnc4c(=O)[nH]c(N)nc43)[C@@H](F)C2O1. The molecule has 0 spiro atoms. The normalized spacial score (nSPS) is 37.7. The van der Waals surface area contributed by atoms with Crippen LogP contribution in [0.5, 0.6) is 0 Å². The van der Waals surface area contributed by atoms with E-state index in [9.17, 15) is 14.3 Å². The van der Waals surface area contributed by atoms with Crippen LogP contribution in [0.15, 0.2) is 23.8 Å². The van der Waals surface area contributed by atoms with E-state index in [0.29, 0.717) is 0 Å². The first-order chi connectivity index (χ1) is 21.3. The third kappa shape index (κ3) is 5.45. The van der Waals surface area contributed by atoms with Gasteiger partial charge in [0.2, 0.25) is 13.5 Å². The molecule has 238 valence electrons. The molecule has 3 aliphatic rings. The minimum atomic E-state index is -4.62. The zero-order chi connectivity index (χ0) is 31.8. The molecule has 0 aromatic carbocycles. The highest BCUT2D eigenvalue weighted by molar-refractivity contribution is 8.07. The smallest absolute Gasteiger partial charge is 0.325 e. The molecule has 4 aromatic rings. The Labute approximate surface area is 255 Å². The molecule has 6 N–H and O–H groups in total. The number of imidazole rings is 2. The van der Waals surface area contributed by atoms with Gasteiger partial charge in [-0.05, 0) is 11.8 Å². The molecule has 10 atom stereocenters. The highest BCUT2D eigenvalue weighted by Gasteiger charge is 2.53. The summed E-state index contributed by atoms with van der Waals surface area (Å²) in [4.78, 5) is 45.3. The van der Waals surface area contributed by atoms with Crippen molar-refractivity contribution in [1.82, 2.24) is 39.0 Å². The monoisotopic (exact) mass is 688 g/mol. The van der Waals surface area contributed by atoms with Crippen molar-refractivity contribution in [3.05, 3.63) is 29.3 Å². The molecule has 7 heterocycles. The van der Waals surface area contributed by atoms with Gasteiger partial charge in [0.25, 0.3) is 13.0 Å². The second-order valence-corrected chi connectivity index (χ2v) is 14.5. The molecule has 2 radical (unpaired) electrons. The number of nitrogen functional groups attached to an aromatic ring is 2. The molecule has 3 aliphatic heterocycles. The van der Waals surface area contributed by atoms with Crippen molar-refractivity contribution < 1.29 is 45.8 Å². The third-order valence-corrected chi connectivity index (χ3v) is 9.87. The Kier molecular flexibility index (Phi) is 7.55. The van der Waals surface area contributed by atoms with Gasteiger partial charge in [-0.3, -0.25) is 28.0 Å². The topological polar surface area (TPSA) is 252 Å². The van der Waals surface area contributed by atoms with Gasteiger partial charge in [-0.15, -0.1) is 0 Å². The standard InChI is InChI=1S/C20H21BF2N10O9P2S/c21-43(35)37-1-6-13(9(23)18(39-6)32-4-28-10-14(24)26-3-27-15(10)32)42-44(36,45)38-2-7-12(41-43)8(22)19(40-7)33-5-29-11-16(33)30-20(25)31-17(11)34/h3-9,12-13,18-19H,1-2H2,(H,36,45)(H2,24,26,27)(H3,25,30,31,34)/t6-,7-,8+,9+,12?,13?,18-,19-,43+,44?/m1/s1. The van der Waals surface area contributed by atoms with Crippen LogP contribution in [-0.2, 0) is 43.9 Å². The van der Waals surface area contributed by atoms with E-state index < -0.39 is 82.2 Å². The van der Waals surface area contributed by atoms with Crippen molar-refractivity contribution in [1.29, 1.82) is 0 Å². The minimum absolute atomic E-state index is 0.0372. The van der Waals surface area contributed by atoms with Crippen LogP contribution in [0.25, 0.3) is 22.3 Å². The lowest BCUT2D eigenvalue weighted by Crippen LogP contribution is -2.37. The summed E-state index contributed by atoms with van der Waals surface area (Å²) >= 11 is 5.13. The maximum absolute atomic E-state index is 16.0. The number of nitrogens with two attached hydrogens (primary N) is 2. The fourth-order valence-electron chi connectivity index (χ4n) is 5.27. The average Bonchev–Trinajstić information content (AvgIpc) is 3.72. The molecular formula is C20H21BF2N10O9P2S. The number of nitrogens with one attached hydrogen (secondary N) is 1. The number of halogens is 2. The van der Waals surface area contributed by atoms with Crippen LogP contribution in [0.4, 0.5) is 20.5 Å². The van der Waals surface area contributed by atoms with Crippen molar-refractivity contribution in [2.24, 2.45) is 0 Å². The molecule has 3 unspecified atom stereocenters. The van der Waals surface area contributed by atoms with E-state index >= 15 is 8.78 Å². The lowest BCUT2D eigenvalue weighted by atomic mass is 10.1. The summed E-state index contributed by atoms with van der Waals surface area (Å²) in [6.07, 6.45) is -9.99. The number of hydrogen-bond acceptors (Lipinski definition) is 16. The summed E-state index contributed by atoms with van der Waals surface area (Å²) in [5.74, 6) is -0.235. The van der Waals surface area contributed by atoms with E-state index in [1.54, 1.807) is 0 Å². The van der Waals surface area contributed by atoms with Crippen LogP contribution in [0.2, 0.25) is 0 Å². The van der Waals surface area contributed by atoms with E-state index in [1.165, 1.54) is 10.9 Å². The summed E-state index contributed by atoms with van der Waals surface area (Å²) in [5.41, 5.74) is 10.8. The Morgan fingerprint density at radius 2 is 1.56 bits per heavy atom. The van der Waals surface area contributed by atoms with Gasteiger partial charge in [-0.1, -0.05) is 0 Å². The summed E-state index contributed by atoms with van der Waals surface area (Å²) in [6, 6.07) is 0. The molecule has 7 rings (SSSR count). The van der Waals surface area contributed by atoms with E-state index in [4.69, 9.17) is 58.4 Å². The number of hydrogen-bond donors (Lipinski definition) is 4. The van der Waals surface area contributed by atoms with Crippen molar-refractivity contribution >= 4 is 67.7 Å². The van der Waals surface area contributed by atoms with Crippen LogP contribution in [0, 0.1) is 0 Å². The highest BCUT2D eigenvalue weighted by atomic mass is 32.5. The number of rotatable bonds is 2. The first-order valence-electron chi connectivity index (χ1n) is 12.9. The van der Waals surface area contributed by atoms with Gasteiger partial charge in [0.15, 0.2) is 47.4 Å². The lowest BCUT2D eigenvalue weighted by molar-refractivity contribution is -0.0566. The number of H-pyrrole nitrogens is 1. The van der Waals surface area contributed by atoms with Gasteiger partial charge in [0.1, 0.15) is 36.3 Å². The summed E-state index contributed by atoms with van der Waals surface area (Å²) in [6.45, 7) is -5.72. The molecule has 19 nitrogen and oxygen atoms in total. The fourth-order valence-corrected chi connectivity index (χ4v) is 7.71. The molecule has 3 fully saturated rings. The Balaban J connectivity index is 1.17. The zero-order valence-corrected chi connectivity index (χ0v) is 25.0. The Bertz CT molecular complexity index is 1950. The Morgan fingerprint density at radius 1 is 0.956 bits per heavy atom. The molecule has 0 saturated carbocycles. The minimum Gasteiger partial charge on any atom is -0.382 e. The fraction of sp³-hybridized carbons (Fsp3) is 0.500.